The number of unbranched alkanes of at least 4 members (excludes halogenated alkanes) is 5. The molecule has 5 nitrogen and oxygen atoms in total. The van der Waals surface area contributed by atoms with E-state index in [9.17, 15) is 10.2 Å². The molecule has 0 spiro atoms. The highest BCUT2D eigenvalue weighted by atomic mass is 16.6. The molecule has 1 aliphatic rings. The quantitative estimate of drug-likeness (QED) is 0.420. The zero-order valence-electron chi connectivity index (χ0n) is 13.0. The van der Waals surface area contributed by atoms with Crippen LogP contribution in [0.4, 0.5) is 0 Å². The van der Waals surface area contributed by atoms with Gasteiger partial charge in [-0.25, -0.2) is 0 Å². The van der Waals surface area contributed by atoms with Crippen molar-refractivity contribution in [1.29, 1.82) is 0 Å². The van der Waals surface area contributed by atoms with Crippen molar-refractivity contribution in [2.45, 2.75) is 69.9 Å². The van der Waals surface area contributed by atoms with E-state index in [1.807, 2.05) is 6.08 Å². The van der Waals surface area contributed by atoms with E-state index in [2.05, 4.69) is 13.0 Å². The number of aliphatic hydroxyl groups excluding tert-OH is 3. The summed E-state index contributed by atoms with van der Waals surface area (Å²) in [6, 6.07) is 0. The SMILES string of the molecule is CCCCCCC/C=C/CO[C@H]1[C@H](O)[C@@H](CO)OC[C@@H]1O. The van der Waals surface area contributed by atoms with Crippen molar-refractivity contribution in [3.8, 4) is 0 Å². The molecule has 1 saturated heterocycles. The molecule has 1 heterocycles. The van der Waals surface area contributed by atoms with Crippen LogP contribution in [0, 0.1) is 0 Å². The third-order valence-corrected chi connectivity index (χ3v) is 3.78. The van der Waals surface area contributed by atoms with Gasteiger partial charge in [-0.2, -0.15) is 0 Å². The van der Waals surface area contributed by atoms with Gasteiger partial charge in [0.05, 0.1) is 19.8 Å². The van der Waals surface area contributed by atoms with E-state index in [0.29, 0.717) is 6.61 Å². The Balaban J connectivity index is 2.15. The number of aliphatic hydroxyl groups is 3. The third-order valence-electron chi connectivity index (χ3n) is 3.78. The highest BCUT2D eigenvalue weighted by molar-refractivity contribution is 4.89. The lowest BCUT2D eigenvalue weighted by Gasteiger charge is -2.36. The molecule has 5 heteroatoms. The number of hydrogen-bond acceptors (Lipinski definition) is 5. The van der Waals surface area contributed by atoms with Gasteiger partial charge in [-0.15, -0.1) is 0 Å². The van der Waals surface area contributed by atoms with Crippen molar-refractivity contribution in [1.82, 2.24) is 0 Å². The van der Waals surface area contributed by atoms with E-state index >= 15 is 0 Å². The Bertz CT molecular complexity index is 282. The van der Waals surface area contributed by atoms with Crippen LogP contribution in [-0.4, -0.2) is 59.6 Å². The Labute approximate surface area is 127 Å². The third kappa shape index (κ3) is 6.89. The summed E-state index contributed by atoms with van der Waals surface area (Å²) in [5, 5.41) is 28.7. The average molecular weight is 302 g/mol. The molecule has 124 valence electrons. The van der Waals surface area contributed by atoms with Crippen molar-refractivity contribution in [2.75, 3.05) is 19.8 Å². The second-order valence-electron chi connectivity index (χ2n) is 5.58. The second kappa shape index (κ2) is 11.2. The van der Waals surface area contributed by atoms with E-state index in [1.54, 1.807) is 0 Å². The van der Waals surface area contributed by atoms with Crippen LogP contribution in [0.15, 0.2) is 12.2 Å². The van der Waals surface area contributed by atoms with Crippen molar-refractivity contribution in [3.05, 3.63) is 12.2 Å². The van der Waals surface area contributed by atoms with Crippen molar-refractivity contribution < 1.29 is 24.8 Å². The van der Waals surface area contributed by atoms with Crippen molar-refractivity contribution in [2.24, 2.45) is 0 Å². The van der Waals surface area contributed by atoms with Crippen LogP contribution >= 0.6 is 0 Å². The summed E-state index contributed by atoms with van der Waals surface area (Å²) in [6.07, 6.45) is 8.09. The summed E-state index contributed by atoms with van der Waals surface area (Å²) in [6.45, 7) is 2.36. The van der Waals surface area contributed by atoms with Crippen LogP contribution in [0.5, 0.6) is 0 Å². The summed E-state index contributed by atoms with van der Waals surface area (Å²) in [4.78, 5) is 0. The minimum atomic E-state index is -0.999. The van der Waals surface area contributed by atoms with Gasteiger partial charge < -0.3 is 24.8 Å². The molecule has 1 fully saturated rings. The predicted octanol–water partition coefficient (Wildman–Crippen LogP) is 1.40. The van der Waals surface area contributed by atoms with Gasteiger partial charge in [-0.3, -0.25) is 0 Å². The summed E-state index contributed by atoms with van der Waals surface area (Å²) >= 11 is 0. The van der Waals surface area contributed by atoms with E-state index in [4.69, 9.17) is 14.6 Å². The molecule has 3 N–H and O–H groups in total. The minimum Gasteiger partial charge on any atom is -0.394 e. The van der Waals surface area contributed by atoms with Crippen LogP contribution in [0.3, 0.4) is 0 Å². The Morgan fingerprint density at radius 2 is 1.90 bits per heavy atom. The highest BCUT2D eigenvalue weighted by Crippen LogP contribution is 2.18. The first-order chi connectivity index (χ1) is 10.2. The Morgan fingerprint density at radius 3 is 2.62 bits per heavy atom. The number of rotatable bonds is 10. The van der Waals surface area contributed by atoms with E-state index in [1.165, 1.54) is 32.1 Å². The summed E-state index contributed by atoms with van der Waals surface area (Å²) < 4.78 is 10.6. The normalized spacial score (nSPS) is 30.1. The van der Waals surface area contributed by atoms with Crippen LogP contribution in [0.1, 0.15) is 45.4 Å². The van der Waals surface area contributed by atoms with Gasteiger partial charge in [0.2, 0.25) is 0 Å². The molecule has 0 aromatic heterocycles. The molecule has 4 atom stereocenters. The molecular formula is C16H30O5. The maximum absolute atomic E-state index is 9.93. The molecule has 21 heavy (non-hydrogen) atoms. The molecule has 0 radical (unpaired) electrons. The van der Waals surface area contributed by atoms with Gasteiger partial charge in [0.1, 0.15) is 24.4 Å². The first-order valence-corrected chi connectivity index (χ1v) is 8.05. The molecule has 0 saturated carbocycles. The molecule has 0 aliphatic carbocycles. The van der Waals surface area contributed by atoms with Crippen LogP contribution in [0.25, 0.3) is 0 Å². The van der Waals surface area contributed by atoms with Crippen LogP contribution in [0.2, 0.25) is 0 Å². The van der Waals surface area contributed by atoms with Gasteiger partial charge in [0.15, 0.2) is 0 Å². The van der Waals surface area contributed by atoms with Gasteiger partial charge in [0.25, 0.3) is 0 Å². The average Bonchev–Trinajstić information content (AvgIpc) is 2.48. The van der Waals surface area contributed by atoms with Gasteiger partial charge in [-0.1, -0.05) is 44.8 Å². The van der Waals surface area contributed by atoms with Gasteiger partial charge in [-0.05, 0) is 12.8 Å². The fourth-order valence-electron chi connectivity index (χ4n) is 2.44. The molecule has 1 rings (SSSR count). The van der Waals surface area contributed by atoms with Crippen molar-refractivity contribution in [3.63, 3.8) is 0 Å². The number of ether oxygens (including phenoxy) is 2. The maximum atomic E-state index is 9.93. The fraction of sp³-hybridized carbons (Fsp3) is 0.875. The number of hydrogen-bond donors (Lipinski definition) is 3. The smallest absolute Gasteiger partial charge is 0.114 e. The topological polar surface area (TPSA) is 79.2 Å². The van der Waals surface area contributed by atoms with E-state index < -0.39 is 24.4 Å². The molecule has 0 aromatic carbocycles. The van der Waals surface area contributed by atoms with Gasteiger partial charge >= 0.3 is 0 Å². The molecular weight excluding hydrogens is 272 g/mol. The molecule has 0 aromatic rings. The number of allylic oxidation sites excluding steroid dienone is 1. The first kappa shape index (κ1) is 18.6. The molecule has 0 unspecified atom stereocenters. The molecule has 1 aliphatic heterocycles. The lowest BCUT2D eigenvalue weighted by atomic mass is 10.0. The summed E-state index contributed by atoms with van der Waals surface area (Å²) in [5.74, 6) is 0. The fourth-order valence-corrected chi connectivity index (χ4v) is 2.44. The Morgan fingerprint density at radius 1 is 1.14 bits per heavy atom. The highest BCUT2D eigenvalue weighted by Gasteiger charge is 2.38. The minimum absolute atomic E-state index is 0.0775. The summed E-state index contributed by atoms with van der Waals surface area (Å²) in [5.41, 5.74) is 0. The molecule has 0 bridgehead atoms. The van der Waals surface area contributed by atoms with Crippen LogP contribution in [-0.2, 0) is 9.47 Å². The van der Waals surface area contributed by atoms with E-state index in [0.717, 1.165) is 6.42 Å². The second-order valence-corrected chi connectivity index (χ2v) is 5.58. The lowest BCUT2D eigenvalue weighted by Crippen LogP contribution is -2.55. The summed E-state index contributed by atoms with van der Waals surface area (Å²) in [7, 11) is 0. The lowest BCUT2D eigenvalue weighted by molar-refractivity contribution is -0.207. The monoisotopic (exact) mass is 302 g/mol. The van der Waals surface area contributed by atoms with Crippen molar-refractivity contribution >= 4 is 0 Å². The molecule has 0 amide bonds. The standard InChI is InChI=1S/C16H30O5/c1-2-3-4-5-6-7-8-9-10-20-16-13(18)12-21-14(11-17)15(16)19/h8-9,13-19H,2-7,10-12H2,1H3/b9-8+/t13-,14+,15+,16+/m0/s1. The zero-order chi connectivity index (χ0) is 15.5. The van der Waals surface area contributed by atoms with E-state index in [-0.39, 0.29) is 13.2 Å². The maximum Gasteiger partial charge on any atom is 0.114 e. The van der Waals surface area contributed by atoms with Crippen LogP contribution < -0.4 is 0 Å². The van der Waals surface area contributed by atoms with Gasteiger partial charge in [0, 0.05) is 0 Å². The Hall–Kier alpha value is -0.460. The Kier molecular flexibility index (Phi) is 9.87. The largest absolute Gasteiger partial charge is 0.394 e. The predicted molar refractivity (Wildman–Crippen MR) is 81.1 cm³/mol. The zero-order valence-corrected chi connectivity index (χ0v) is 13.0. The first-order valence-electron chi connectivity index (χ1n) is 8.05.